The van der Waals surface area contributed by atoms with E-state index in [1.54, 1.807) is 19.3 Å². The number of hydrogen-bond donors (Lipinski definition) is 0. The third-order valence-corrected chi connectivity index (χ3v) is 4.72. The van der Waals surface area contributed by atoms with Gasteiger partial charge in [-0.2, -0.15) is 0 Å². The Balaban J connectivity index is 2.35. The van der Waals surface area contributed by atoms with Gasteiger partial charge in [-0.3, -0.25) is 14.5 Å². The highest BCUT2D eigenvalue weighted by Crippen LogP contribution is 2.39. The second-order valence-corrected chi connectivity index (χ2v) is 7.38. The van der Waals surface area contributed by atoms with E-state index < -0.39 is 0 Å². The number of rotatable bonds is 6. The zero-order chi connectivity index (χ0) is 17.9. The van der Waals surface area contributed by atoms with Gasteiger partial charge >= 0.3 is 0 Å². The Morgan fingerprint density at radius 3 is 2.62 bits per heavy atom. The van der Waals surface area contributed by atoms with Crippen LogP contribution in [-0.2, 0) is 4.79 Å². The molecule has 2 rings (SSSR count). The van der Waals surface area contributed by atoms with Crippen LogP contribution < -0.4 is 9.47 Å². The van der Waals surface area contributed by atoms with Crippen molar-refractivity contribution >= 4 is 44.9 Å². The highest BCUT2D eigenvalue weighted by atomic mass is 79.9. The van der Waals surface area contributed by atoms with Crippen LogP contribution in [0.3, 0.4) is 0 Å². The van der Waals surface area contributed by atoms with Crippen LogP contribution in [0.4, 0.5) is 4.79 Å². The second kappa shape index (κ2) is 8.07. The predicted molar refractivity (Wildman–Crippen MR) is 99.4 cm³/mol. The van der Waals surface area contributed by atoms with Gasteiger partial charge in [0, 0.05) is 6.54 Å². The molecule has 0 N–H and O–H groups in total. The molecule has 7 heteroatoms. The van der Waals surface area contributed by atoms with Gasteiger partial charge in [-0.05, 0) is 71.7 Å². The number of benzene rings is 1. The summed E-state index contributed by atoms with van der Waals surface area (Å²) in [6.07, 6.45) is 2.45. The summed E-state index contributed by atoms with van der Waals surface area (Å²) >= 11 is 4.44. The smallest absolute Gasteiger partial charge is 0.293 e. The maximum atomic E-state index is 12.3. The number of carbonyl (C=O) groups is 2. The van der Waals surface area contributed by atoms with Gasteiger partial charge in [0.2, 0.25) is 0 Å². The minimum atomic E-state index is -0.246. The maximum Gasteiger partial charge on any atom is 0.293 e. The van der Waals surface area contributed by atoms with Gasteiger partial charge in [0.05, 0.1) is 22.6 Å². The number of imide groups is 1. The fourth-order valence-corrected chi connectivity index (χ4v) is 3.66. The van der Waals surface area contributed by atoms with Crippen molar-refractivity contribution in [3.05, 3.63) is 27.1 Å². The first-order valence-corrected chi connectivity index (χ1v) is 9.27. The molecule has 0 radical (unpaired) electrons. The lowest BCUT2D eigenvalue weighted by Gasteiger charge is -2.16. The molecular weight excluding hydrogens is 394 g/mol. The topological polar surface area (TPSA) is 55.8 Å². The Bertz CT molecular complexity index is 687. The van der Waals surface area contributed by atoms with Gasteiger partial charge in [-0.1, -0.05) is 6.92 Å². The van der Waals surface area contributed by atoms with E-state index in [0.717, 1.165) is 28.2 Å². The van der Waals surface area contributed by atoms with Crippen LogP contribution in [0.2, 0.25) is 0 Å². The first-order chi connectivity index (χ1) is 11.4. The quantitative estimate of drug-likeness (QED) is 0.632. The average molecular weight is 414 g/mol. The summed E-state index contributed by atoms with van der Waals surface area (Å²) in [5.41, 5.74) is 0.761. The molecule has 5 nitrogen and oxygen atoms in total. The summed E-state index contributed by atoms with van der Waals surface area (Å²) in [6.45, 7) is 6.24. The molecule has 0 spiro atoms. The Labute approximate surface area is 154 Å². The molecule has 0 unspecified atom stereocenters. The van der Waals surface area contributed by atoms with E-state index in [1.807, 2.05) is 26.8 Å². The van der Waals surface area contributed by atoms with Gasteiger partial charge < -0.3 is 9.47 Å². The number of carbonyl (C=O) groups excluding carboxylic acids is 2. The van der Waals surface area contributed by atoms with Crippen molar-refractivity contribution in [2.75, 3.05) is 13.7 Å². The molecule has 0 saturated carbocycles. The van der Waals surface area contributed by atoms with Crippen LogP contribution in [-0.4, -0.2) is 35.8 Å². The van der Waals surface area contributed by atoms with Gasteiger partial charge in [0.15, 0.2) is 11.5 Å². The van der Waals surface area contributed by atoms with Crippen molar-refractivity contribution in [1.82, 2.24) is 4.90 Å². The van der Waals surface area contributed by atoms with Gasteiger partial charge in [-0.25, -0.2) is 0 Å². The zero-order valence-corrected chi connectivity index (χ0v) is 16.5. The number of ether oxygens (including phenoxy) is 2. The molecule has 1 aromatic rings. The minimum Gasteiger partial charge on any atom is -0.493 e. The first-order valence-electron chi connectivity index (χ1n) is 7.66. The van der Waals surface area contributed by atoms with Crippen molar-refractivity contribution in [2.45, 2.75) is 33.3 Å². The van der Waals surface area contributed by atoms with E-state index >= 15 is 0 Å². The summed E-state index contributed by atoms with van der Waals surface area (Å²) in [4.78, 5) is 25.9. The number of halogens is 1. The number of amides is 2. The van der Waals surface area contributed by atoms with E-state index in [4.69, 9.17) is 9.47 Å². The summed E-state index contributed by atoms with van der Waals surface area (Å²) < 4.78 is 11.9. The van der Waals surface area contributed by atoms with E-state index in [0.29, 0.717) is 22.9 Å². The maximum absolute atomic E-state index is 12.3. The normalized spacial score (nSPS) is 16.4. The molecule has 1 aliphatic heterocycles. The molecule has 1 aliphatic rings. The number of methoxy groups -OCH3 is 1. The highest BCUT2D eigenvalue weighted by molar-refractivity contribution is 9.10. The Hall–Kier alpha value is -1.47. The molecule has 0 aromatic heterocycles. The molecular formula is C17H20BrNO4S. The second-order valence-electron chi connectivity index (χ2n) is 5.53. The molecule has 1 heterocycles. The lowest BCUT2D eigenvalue weighted by atomic mass is 10.1. The Morgan fingerprint density at radius 1 is 1.33 bits per heavy atom. The lowest BCUT2D eigenvalue weighted by molar-refractivity contribution is -0.122. The monoisotopic (exact) mass is 413 g/mol. The van der Waals surface area contributed by atoms with Crippen LogP contribution in [0.5, 0.6) is 11.5 Å². The van der Waals surface area contributed by atoms with Crippen LogP contribution in [0.15, 0.2) is 21.5 Å². The average Bonchev–Trinajstić information content (AvgIpc) is 2.77. The molecule has 2 amide bonds. The van der Waals surface area contributed by atoms with Crippen LogP contribution >= 0.6 is 27.7 Å². The van der Waals surface area contributed by atoms with Gasteiger partial charge in [-0.15, -0.1) is 0 Å². The van der Waals surface area contributed by atoms with Crippen LogP contribution in [0.1, 0.15) is 32.8 Å². The van der Waals surface area contributed by atoms with E-state index in [9.17, 15) is 9.59 Å². The van der Waals surface area contributed by atoms with Gasteiger partial charge in [0.1, 0.15) is 0 Å². The number of hydrogen-bond acceptors (Lipinski definition) is 5. The predicted octanol–water partition coefficient (Wildman–Crippen LogP) is 4.69. The standard InChI is InChI=1S/C17H20BrNO4S/c1-5-6-19-16(20)14(24-17(19)21)9-11-7-12(18)15(23-10(2)3)13(8-11)22-4/h7-10H,5-6H2,1-4H3/b14-9+. The van der Waals surface area contributed by atoms with E-state index in [2.05, 4.69) is 15.9 Å². The molecule has 1 fully saturated rings. The van der Waals surface area contributed by atoms with Crippen molar-refractivity contribution in [3.8, 4) is 11.5 Å². The third-order valence-electron chi connectivity index (χ3n) is 3.22. The molecule has 0 aliphatic carbocycles. The number of nitrogens with zero attached hydrogens (tertiary/aromatic N) is 1. The lowest BCUT2D eigenvalue weighted by Crippen LogP contribution is -2.28. The fourth-order valence-electron chi connectivity index (χ4n) is 2.24. The zero-order valence-electron chi connectivity index (χ0n) is 14.1. The van der Waals surface area contributed by atoms with Crippen molar-refractivity contribution < 1.29 is 19.1 Å². The Kier molecular flexibility index (Phi) is 6.34. The van der Waals surface area contributed by atoms with E-state index in [-0.39, 0.29) is 17.3 Å². The molecule has 1 aromatic carbocycles. The van der Waals surface area contributed by atoms with Crippen molar-refractivity contribution in [3.63, 3.8) is 0 Å². The minimum absolute atomic E-state index is 0.00611. The Morgan fingerprint density at radius 2 is 2.04 bits per heavy atom. The van der Waals surface area contributed by atoms with Gasteiger partial charge in [0.25, 0.3) is 11.1 Å². The van der Waals surface area contributed by atoms with Crippen molar-refractivity contribution in [2.24, 2.45) is 0 Å². The molecule has 0 atom stereocenters. The van der Waals surface area contributed by atoms with Crippen LogP contribution in [0, 0.1) is 0 Å². The molecule has 130 valence electrons. The first kappa shape index (κ1) is 18.9. The van der Waals surface area contributed by atoms with E-state index in [1.165, 1.54) is 4.90 Å². The summed E-state index contributed by atoms with van der Waals surface area (Å²) in [5, 5.41) is -0.223. The highest BCUT2D eigenvalue weighted by Gasteiger charge is 2.34. The SMILES string of the molecule is CCCN1C(=O)S/C(=C/c2cc(Br)c(OC(C)C)c(OC)c2)C1=O. The number of thioether (sulfide) groups is 1. The summed E-state index contributed by atoms with van der Waals surface area (Å²) in [6, 6.07) is 3.63. The molecule has 1 saturated heterocycles. The molecule has 0 bridgehead atoms. The fraction of sp³-hybridized carbons (Fsp3) is 0.412. The summed E-state index contributed by atoms with van der Waals surface area (Å²) in [5.74, 6) is 0.935. The molecule has 24 heavy (non-hydrogen) atoms. The summed E-state index contributed by atoms with van der Waals surface area (Å²) in [7, 11) is 1.56. The van der Waals surface area contributed by atoms with Crippen molar-refractivity contribution in [1.29, 1.82) is 0 Å². The largest absolute Gasteiger partial charge is 0.493 e. The van der Waals surface area contributed by atoms with Crippen LogP contribution in [0.25, 0.3) is 6.08 Å². The third kappa shape index (κ3) is 4.13.